The number of ether oxygens (including phenoxy) is 1. The van der Waals surface area contributed by atoms with E-state index in [1.54, 1.807) is 0 Å². The first-order valence-electron chi connectivity index (χ1n) is 5.68. The van der Waals surface area contributed by atoms with Crippen LogP contribution in [0.2, 0.25) is 0 Å². The second-order valence-corrected chi connectivity index (χ2v) is 4.62. The summed E-state index contributed by atoms with van der Waals surface area (Å²) in [6.45, 7) is 2.89. The van der Waals surface area contributed by atoms with E-state index in [9.17, 15) is 0 Å². The Bertz CT molecular complexity index is 148. The molecule has 0 unspecified atom stereocenters. The molecule has 0 aromatic heterocycles. The van der Waals surface area contributed by atoms with Crippen LogP contribution in [0.15, 0.2) is 0 Å². The van der Waals surface area contributed by atoms with E-state index in [2.05, 4.69) is 0 Å². The second-order valence-electron chi connectivity index (χ2n) is 4.62. The minimum atomic E-state index is 0.880. The smallest absolute Gasteiger partial charge is 0.0468 e. The van der Waals surface area contributed by atoms with Gasteiger partial charge in [0, 0.05) is 13.2 Å². The van der Waals surface area contributed by atoms with Crippen LogP contribution < -0.4 is 5.73 Å². The van der Waals surface area contributed by atoms with E-state index in [-0.39, 0.29) is 0 Å². The summed E-state index contributed by atoms with van der Waals surface area (Å²) < 4.78 is 5.37. The van der Waals surface area contributed by atoms with Crippen LogP contribution in [0.3, 0.4) is 0 Å². The zero-order valence-corrected chi connectivity index (χ0v) is 8.37. The van der Waals surface area contributed by atoms with Gasteiger partial charge in [-0.2, -0.15) is 0 Å². The molecule has 2 fully saturated rings. The molecular weight excluding hydrogens is 162 g/mol. The summed E-state index contributed by atoms with van der Waals surface area (Å²) >= 11 is 0. The Kier molecular flexibility index (Phi) is 3.23. The van der Waals surface area contributed by atoms with Crippen molar-refractivity contribution in [1.29, 1.82) is 0 Å². The standard InChI is InChI=1S/C11H21NO/c12-4-1-9-7-11(8-9)10-2-5-13-6-3-10/h9-11H,1-8,12H2. The molecule has 76 valence electrons. The highest BCUT2D eigenvalue weighted by molar-refractivity contribution is 4.85. The van der Waals surface area contributed by atoms with Gasteiger partial charge < -0.3 is 10.5 Å². The van der Waals surface area contributed by atoms with Gasteiger partial charge in [0.05, 0.1) is 0 Å². The van der Waals surface area contributed by atoms with Crippen LogP contribution in [-0.2, 0) is 4.74 Å². The lowest BCUT2D eigenvalue weighted by atomic mass is 9.65. The topological polar surface area (TPSA) is 35.2 Å². The fraction of sp³-hybridized carbons (Fsp3) is 1.00. The van der Waals surface area contributed by atoms with E-state index in [0.29, 0.717) is 0 Å². The van der Waals surface area contributed by atoms with Gasteiger partial charge in [-0.05, 0) is 56.4 Å². The van der Waals surface area contributed by atoms with Crippen LogP contribution in [0.1, 0.15) is 32.1 Å². The SMILES string of the molecule is NCCC1CC(C2CCOCC2)C1. The highest BCUT2D eigenvalue weighted by Gasteiger charge is 2.34. The normalized spacial score (nSPS) is 35.8. The van der Waals surface area contributed by atoms with Crippen LogP contribution in [0.25, 0.3) is 0 Å². The lowest BCUT2D eigenvalue weighted by molar-refractivity contribution is 0.0115. The molecule has 2 rings (SSSR count). The Hall–Kier alpha value is -0.0800. The van der Waals surface area contributed by atoms with Crippen molar-refractivity contribution in [2.75, 3.05) is 19.8 Å². The molecule has 13 heavy (non-hydrogen) atoms. The molecule has 0 aromatic carbocycles. The third kappa shape index (κ3) is 2.23. The summed E-state index contributed by atoms with van der Waals surface area (Å²) in [4.78, 5) is 0. The molecule has 1 saturated heterocycles. The van der Waals surface area contributed by atoms with Gasteiger partial charge in [0.1, 0.15) is 0 Å². The molecule has 1 aliphatic carbocycles. The van der Waals surface area contributed by atoms with Crippen LogP contribution in [-0.4, -0.2) is 19.8 Å². The van der Waals surface area contributed by atoms with Crippen LogP contribution in [0.4, 0.5) is 0 Å². The molecule has 2 nitrogen and oxygen atoms in total. The maximum atomic E-state index is 5.54. The minimum Gasteiger partial charge on any atom is -0.381 e. The summed E-state index contributed by atoms with van der Waals surface area (Å²) in [5.74, 6) is 2.95. The summed E-state index contributed by atoms with van der Waals surface area (Å²) in [5.41, 5.74) is 5.54. The molecule has 1 heterocycles. The minimum absolute atomic E-state index is 0.880. The van der Waals surface area contributed by atoms with Crippen LogP contribution in [0, 0.1) is 17.8 Å². The second kappa shape index (κ2) is 4.43. The third-order valence-electron chi connectivity index (χ3n) is 3.78. The van der Waals surface area contributed by atoms with Gasteiger partial charge >= 0.3 is 0 Å². The maximum Gasteiger partial charge on any atom is 0.0468 e. The van der Waals surface area contributed by atoms with Crippen molar-refractivity contribution in [1.82, 2.24) is 0 Å². The maximum absolute atomic E-state index is 5.54. The zero-order valence-electron chi connectivity index (χ0n) is 8.37. The molecule has 2 N–H and O–H groups in total. The lowest BCUT2D eigenvalue weighted by Gasteiger charge is -2.42. The van der Waals surface area contributed by atoms with E-state index in [0.717, 1.165) is 37.5 Å². The first-order chi connectivity index (χ1) is 6.40. The van der Waals surface area contributed by atoms with Gasteiger partial charge in [0.25, 0.3) is 0 Å². The van der Waals surface area contributed by atoms with Gasteiger partial charge in [-0.15, -0.1) is 0 Å². The van der Waals surface area contributed by atoms with E-state index in [1.807, 2.05) is 0 Å². The molecule has 0 spiro atoms. The number of hydrogen-bond acceptors (Lipinski definition) is 2. The molecule has 0 radical (unpaired) electrons. The Morgan fingerprint density at radius 1 is 1.08 bits per heavy atom. The van der Waals surface area contributed by atoms with E-state index in [1.165, 1.54) is 32.1 Å². The lowest BCUT2D eigenvalue weighted by Crippen LogP contribution is -2.34. The highest BCUT2D eigenvalue weighted by Crippen LogP contribution is 2.43. The summed E-state index contributed by atoms with van der Waals surface area (Å²) in [7, 11) is 0. The molecule has 0 atom stereocenters. The van der Waals surface area contributed by atoms with Gasteiger partial charge in [0.2, 0.25) is 0 Å². The Balaban J connectivity index is 1.66. The van der Waals surface area contributed by atoms with E-state index in [4.69, 9.17) is 10.5 Å². The molecule has 0 aromatic rings. The number of nitrogens with two attached hydrogens (primary N) is 1. The molecule has 0 bridgehead atoms. The van der Waals surface area contributed by atoms with Crippen molar-refractivity contribution >= 4 is 0 Å². The van der Waals surface area contributed by atoms with Crippen molar-refractivity contribution in [3.63, 3.8) is 0 Å². The highest BCUT2D eigenvalue weighted by atomic mass is 16.5. The Morgan fingerprint density at radius 2 is 1.77 bits per heavy atom. The fourth-order valence-corrected chi connectivity index (χ4v) is 2.83. The van der Waals surface area contributed by atoms with Crippen molar-refractivity contribution < 1.29 is 4.74 Å². The molecule has 0 amide bonds. The largest absolute Gasteiger partial charge is 0.381 e. The quantitative estimate of drug-likeness (QED) is 0.724. The van der Waals surface area contributed by atoms with Crippen molar-refractivity contribution in [3.8, 4) is 0 Å². The molecule has 1 aliphatic heterocycles. The van der Waals surface area contributed by atoms with Crippen LogP contribution >= 0.6 is 0 Å². The molecule has 2 heteroatoms. The molecular formula is C11H21NO. The first-order valence-corrected chi connectivity index (χ1v) is 5.68. The van der Waals surface area contributed by atoms with Gasteiger partial charge in [-0.3, -0.25) is 0 Å². The van der Waals surface area contributed by atoms with Gasteiger partial charge in [-0.1, -0.05) is 0 Å². The average molecular weight is 183 g/mol. The summed E-state index contributed by atoms with van der Waals surface area (Å²) in [5, 5.41) is 0. The Morgan fingerprint density at radius 3 is 2.38 bits per heavy atom. The van der Waals surface area contributed by atoms with Crippen LogP contribution in [0.5, 0.6) is 0 Å². The molecule has 1 saturated carbocycles. The van der Waals surface area contributed by atoms with Gasteiger partial charge in [-0.25, -0.2) is 0 Å². The van der Waals surface area contributed by atoms with E-state index < -0.39 is 0 Å². The monoisotopic (exact) mass is 183 g/mol. The van der Waals surface area contributed by atoms with E-state index >= 15 is 0 Å². The van der Waals surface area contributed by atoms with Crippen molar-refractivity contribution in [3.05, 3.63) is 0 Å². The average Bonchev–Trinajstić information content (AvgIpc) is 2.12. The number of hydrogen-bond donors (Lipinski definition) is 1. The van der Waals surface area contributed by atoms with Crippen molar-refractivity contribution in [2.24, 2.45) is 23.5 Å². The van der Waals surface area contributed by atoms with Gasteiger partial charge in [0.15, 0.2) is 0 Å². The predicted molar refractivity (Wildman–Crippen MR) is 53.4 cm³/mol. The third-order valence-corrected chi connectivity index (χ3v) is 3.78. The summed E-state index contributed by atoms with van der Waals surface area (Å²) in [6.07, 6.45) is 6.75. The number of rotatable bonds is 3. The predicted octanol–water partition coefficient (Wildman–Crippen LogP) is 1.79. The fourth-order valence-electron chi connectivity index (χ4n) is 2.83. The first kappa shape index (κ1) is 9.47. The van der Waals surface area contributed by atoms with Crippen molar-refractivity contribution in [2.45, 2.75) is 32.1 Å². The summed E-state index contributed by atoms with van der Waals surface area (Å²) in [6, 6.07) is 0. The Labute approximate surface area is 80.8 Å². The molecule has 2 aliphatic rings. The zero-order chi connectivity index (χ0) is 9.10.